The van der Waals surface area contributed by atoms with Gasteiger partial charge in [-0.2, -0.15) is 14.7 Å². The average molecular weight is 474 g/mol. The van der Waals surface area contributed by atoms with E-state index >= 15 is 0 Å². The standard InChI is InChI=1S/C27H26N6O2/c1-16-24-25(19-9-7-17(8-10-19)13-23(34)35)30-26-21(15-29-33(26)27(24)32-31-16)20-11-12-22(28-14-20)18-5-3-2-4-6-18/h2-6,11-12,14-15,17,19H,7-10,13H2,1H3,(H,31,32)(H,34,35)/i2D,3D,4D,5D,6D,13D,17D. The van der Waals surface area contributed by atoms with Gasteiger partial charge in [0.25, 0.3) is 0 Å². The van der Waals surface area contributed by atoms with E-state index < -0.39 is 36.4 Å². The number of H-pyrrole nitrogens is 1. The van der Waals surface area contributed by atoms with E-state index in [0.29, 0.717) is 35.3 Å². The maximum Gasteiger partial charge on any atom is 0.303 e. The van der Waals surface area contributed by atoms with Gasteiger partial charge in [0.1, 0.15) is 0 Å². The van der Waals surface area contributed by atoms with Crippen LogP contribution in [0.15, 0.2) is 54.7 Å². The van der Waals surface area contributed by atoms with E-state index in [0.717, 1.165) is 16.8 Å². The van der Waals surface area contributed by atoms with Crippen LogP contribution < -0.4 is 0 Å². The molecule has 0 spiro atoms. The number of aromatic amines is 1. The van der Waals surface area contributed by atoms with E-state index in [-0.39, 0.29) is 42.1 Å². The molecule has 5 aromatic rings. The molecule has 1 aliphatic rings. The van der Waals surface area contributed by atoms with Gasteiger partial charge in [-0.1, -0.05) is 36.3 Å². The first-order valence-electron chi connectivity index (χ1n) is 14.9. The number of hydrogen-bond acceptors (Lipinski definition) is 5. The normalized spacial score (nSPS) is 24.1. The summed E-state index contributed by atoms with van der Waals surface area (Å²) in [7, 11) is 0. The number of nitrogens with one attached hydrogen (secondary N) is 1. The molecule has 8 nitrogen and oxygen atoms in total. The van der Waals surface area contributed by atoms with Crippen molar-refractivity contribution >= 4 is 22.6 Å². The number of aliphatic carboxylic acids is 1. The Bertz CT molecular complexity index is 1850. The smallest absolute Gasteiger partial charge is 0.303 e. The van der Waals surface area contributed by atoms with Crippen LogP contribution in [-0.2, 0) is 4.79 Å². The van der Waals surface area contributed by atoms with Crippen molar-refractivity contribution in [2.75, 3.05) is 0 Å². The zero-order chi connectivity index (χ0) is 30.1. The first kappa shape index (κ1) is 15.0. The zero-order valence-corrected chi connectivity index (χ0v) is 18.9. The molecule has 0 aliphatic heterocycles. The number of carbonyl (C=O) groups is 1. The predicted molar refractivity (Wildman–Crippen MR) is 133 cm³/mol. The molecule has 8 heteroatoms. The van der Waals surface area contributed by atoms with Crippen LogP contribution in [0, 0.1) is 12.8 Å². The van der Waals surface area contributed by atoms with Crippen molar-refractivity contribution in [2.45, 2.75) is 44.9 Å². The zero-order valence-electron chi connectivity index (χ0n) is 25.9. The van der Waals surface area contributed by atoms with Crippen molar-refractivity contribution < 1.29 is 19.5 Å². The van der Waals surface area contributed by atoms with Crippen molar-refractivity contribution in [1.82, 2.24) is 29.8 Å². The lowest BCUT2D eigenvalue weighted by Gasteiger charge is -2.27. The number of aryl methyl sites for hydroxylation is 1. The molecule has 4 heterocycles. The molecular weight excluding hydrogens is 440 g/mol. The highest BCUT2D eigenvalue weighted by Crippen LogP contribution is 2.40. The number of hydrogen-bond donors (Lipinski definition) is 2. The van der Waals surface area contributed by atoms with Crippen LogP contribution in [0.3, 0.4) is 0 Å². The number of carboxylic acid groups (broad SMARTS) is 1. The van der Waals surface area contributed by atoms with Gasteiger partial charge in [-0.25, -0.2) is 4.98 Å². The molecule has 0 radical (unpaired) electrons. The Morgan fingerprint density at radius 1 is 1.20 bits per heavy atom. The third-order valence-corrected chi connectivity index (χ3v) is 6.54. The van der Waals surface area contributed by atoms with Gasteiger partial charge in [0.15, 0.2) is 11.3 Å². The molecular formula is C27H26N6O2. The van der Waals surface area contributed by atoms with Crippen molar-refractivity contribution in [1.29, 1.82) is 0 Å². The first-order chi connectivity index (χ1) is 19.9. The minimum absolute atomic E-state index is 0.0167. The molecule has 2 N–H and O–H groups in total. The third kappa shape index (κ3) is 3.84. The summed E-state index contributed by atoms with van der Waals surface area (Å²) in [6.07, 6.45) is 3.22. The molecule has 0 saturated heterocycles. The van der Waals surface area contributed by atoms with Gasteiger partial charge in [0.05, 0.1) is 35.5 Å². The highest BCUT2D eigenvalue weighted by atomic mass is 16.4. The fourth-order valence-electron chi connectivity index (χ4n) is 4.82. The first-order valence-corrected chi connectivity index (χ1v) is 11.3. The number of nitrogens with zero attached hydrogens (tertiary/aromatic N) is 5. The Balaban J connectivity index is 1.41. The molecule has 1 aliphatic carbocycles. The number of rotatable bonds is 5. The number of aromatic nitrogens is 6. The van der Waals surface area contributed by atoms with E-state index in [1.165, 1.54) is 0 Å². The molecule has 1 aromatic carbocycles. The number of fused-ring (bicyclic) bond motifs is 3. The summed E-state index contributed by atoms with van der Waals surface area (Å²) in [6.45, 7) is 1.86. The Hall–Kier alpha value is -4.07. The van der Waals surface area contributed by atoms with Crippen molar-refractivity contribution in [2.24, 2.45) is 5.89 Å². The molecule has 1 fully saturated rings. The molecule has 35 heavy (non-hydrogen) atoms. The minimum atomic E-state index is -1.51. The Morgan fingerprint density at radius 2 is 2.00 bits per heavy atom. The van der Waals surface area contributed by atoms with Crippen LogP contribution in [-0.4, -0.2) is 40.9 Å². The largest absolute Gasteiger partial charge is 0.481 e. The highest BCUT2D eigenvalue weighted by Gasteiger charge is 2.28. The molecule has 0 bridgehead atoms. The summed E-state index contributed by atoms with van der Waals surface area (Å²) in [5, 5.41) is 22.1. The molecule has 6 rings (SSSR count). The molecule has 0 amide bonds. The molecule has 4 aromatic heterocycles. The molecule has 1 atom stereocenters. The van der Waals surface area contributed by atoms with Crippen LogP contribution in [0.2, 0.25) is 0 Å². The fraction of sp³-hybridized carbons (Fsp3) is 0.296. The predicted octanol–water partition coefficient (Wildman–Crippen LogP) is 5.39. The molecule has 176 valence electrons. The molecule has 1 saturated carbocycles. The minimum Gasteiger partial charge on any atom is -0.481 e. The maximum absolute atomic E-state index is 11.4. The van der Waals surface area contributed by atoms with E-state index in [1.807, 2.05) is 6.92 Å². The quantitative estimate of drug-likeness (QED) is 0.354. The number of pyridine rings is 1. The number of benzene rings is 1. The lowest BCUT2D eigenvalue weighted by Crippen LogP contribution is -2.17. The van der Waals surface area contributed by atoms with Crippen LogP contribution in [0.25, 0.3) is 39.1 Å². The number of carboxylic acids is 1. The Kier molecular flexibility index (Phi) is 3.70. The second-order valence-corrected chi connectivity index (χ2v) is 8.67. The van der Waals surface area contributed by atoms with E-state index in [1.54, 1.807) is 29.0 Å². The van der Waals surface area contributed by atoms with Crippen molar-refractivity contribution in [3.8, 4) is 22.4 Å². The van der Waals surface area contributed by atoms with E-state index in [4.69, 9.17) is 14.6 Å². The lowest BCUT2D eigenvalue weighted by atomic mass is 9.78. The van der Waals surface area contributed by atoms with Gasteiger partial charge in [0.2, 0.25) is 0 Å². The summed E-state index contributed by atoms with van der Waals surface area (Å²) >= 11 is 0. The topological polar surface area (TPSA) is 109 Å². The van der Waals surface area contributed by atoms with Crippen LogP contribution >= 0.6 is 0 Å². The summed E-state index contributed by atoms with van der Waals surface area (Å²) < 4.78 is 58.5. The fourth-order valence-corrected chi connectivity index (χ4v) is 4.82. The van der Waals surface area contributed by atoms with Crippen LogP contribution in [0.1, 0.15) is 59.0 Å². The van der Waals surface area contributed by atoms with Gasteiger partial charge in [-0.15, -0.1) is 0 Å². The summed E-state index contributed by atoms with van der Waals surface area (Å²) in [5.41, 5.74) is 4.26. The Labute approximate surface area is 211 Å². The average Bonchev–Trinajstić information content (AvgIpc) is 3.59. The summed E-state index contributed by atoms with van der Waals surface area (Å²) in [6, 6.07) is 1.35. The van der Waals surface area contributed by atoms with Crippen LogP contribution in [0.5, 0.6) is 0 Å². The van der Waals surface area contributed by atoms with Gasteiger partial charge >= 0.3 is 5.97 Å². The van der Waals surface area contributed by atoms with Crippen LogP contribution in [0.4, 0.5) is 0 Å². The van der Waals surface area contributed by atoms with Gasteiger partial charge in [-0.05, 0) is 44.6 Å². The SMILES string of the molecule is [2H]c1c([2H])c([2H])c(-c2ccc(-c3cnn4c3nc(C3CCC([2H])(C([2H])C(=O)O)CC3)c3c(C)n[nH]c34)cn2)c([2H])c1[2H]. The van der Waals surface area contributed by atoms with Gasteiger partial charge in [0, 0.05) is 37.9 Å². The summed E-state index contributed by atoms with van der Waals surface area (Å²) in [4.78, 5) is 20.9. The summed E-state index contributed by atoms with van der Waals surface area (Å²) in [5.74, 6) is -2.71. The highest BCUT2D eigenvalue weighted by molar-refractivity contribution is 5.87. The van der Waals surface area contributed by atoms with Gasteiger partial charge in [-0.3, -0.25) is 14.9 Å². The maximum atomic E-state index is 11.4. The van der Waals surface area contributed by atoms with E-state index in [9.17, 15) is 9.90 Å². The second-order valence-electron chi connectivity index (χ2n) is 8.67. The second kappa shape index (κ2) is 8.61. The van der Waals surface area contributed by atoms with Crippen molar-refractivity contribution in [3.63, 3.8) is 0 Å². The third-order valence-electron chi connectivity index (χ3n) is 6.54. The molecule has 1 unspecified atom stereocenters. The monoisotopic (exact) mass is 473 g/mol. The lowest BCUT2D eigenvalue weighted by molar-refractivity contribution is -0.138. The van der Waals surface area contributed by atoms with Gasteiger partial charge < -0.3 is 5.11 Å². The van der Waals surface area contributed by atoms with E-state index in [2.05, 4.69) is 20.3 Å². The Morgan fingerprint density at radius 3 is 2.71 bits per heavy atom. The van der Waals surface area contributed by atoms with Crippen molar-refractivity contribution in [3.05, 3.63) is 66.1 Å².